The van der Waals surface area contributed by atoms with E-state index in [4.69, 9.17) is 0 Å². The first kappa shape index (κ1) is 23.6. The van der Waals surface area contributed by atoms with Gasteiger partial charge in [-0.1, -0.05) is 42.0 Å². The molecule has 2 N–H and O–H groups in total. The number of fused-ring (bicyclic) bond motifs is 1. The van der Waals surface area contributed by atoms with Gasteiger partial charge in [-0.3, -0.25) is 9.59 Å². The molecule has 174 valence electrons. The number of nitrogens with one attached hydrogen (secondary N) is 2. The number of para-hydroxylation sites is 1. The fourth-order valence-electron chi connectivity index (χ4n) is 4.00. The molecule has 5 nitrogen and oxygen atoms in total. The Morgan fingerprint density at radius 3 is 2.32 bits per heavy atom. The SMILES string of the molecule is Cc1ccc(C(=O)NCCn2cc(SCC(=O)Nc3cc(C)cc(C)c3)c3ccccc32)cc1. The molecule has 0 aliphatic rings. The number of aryl methyl sites for hydroxylation is 3. The van der Waals surface area contributed by atoms with Crippen molar-refractivity contribution in [3.63, 3.8) is 0 Å². The number of thioether (sulfide) groups is 1. The molecule has 3 aromatic carbocycles. The van der Waals surface area contributed by atoms with Gasteiger partial charge in [-0.15, -0.1) is 11.8 Å². The molecule has 0 atom stereocenters. The van der Waals surface area contributed by atoms with Crippen molar-refractivity contribution in [1.82, 2.24) is 9.88 Å². The molecule has 4 rings (SSSR count). The molecule has 34 heavy (non-hydrogen) atoms. The standard InChI is InChI=1S/C28H29N3O2S/c1-19-8-10-22(11-9-19)28(33)29-12-13-31-17-26(24-6-4-5-7-25(24)31)34-18-27(32)30-23-15-20(2)14-21(3)16-23/h4-11,14-17H,12-13,18H2,1-3H3,(H,29,33)(H,30,32). The van der Waals surface area contributed by atoms with E-state index < -0.39 is 0 Å². The minimum atomic E-state index is -0.0749. The molecule has 2 amide bonds. The van der Waals surface area contributed by atoms with Crippen LogP contribution in [0.5, 0.6) is 0 Å². The van der Waals surface area contributed by atoms with Crippen LogP contribution in [0.3, 0.4) is 0 Å². The number of carbonyl (C=O) groups excluding carboxylic acids is 2. The lowest BCUT2D eigenvalue weighted by molar-refractivity contribution is -0.113. The highest BCUT2D eigenvalue weighted by atomic mass is 32.2. The lowest BCUT2D eigenvalue weighted by Crippen LogP contribution is -2.27. The van der Waals surface area contributed by atoms with E-state index in [9.17, 15) is 9.59 Å². The zero-order chi connectivity index (χ0) is 24.1. The molecule has 6 heteroatoms. The predicted molar refractivity (Wildman–Crippen MR) is 141 cm³/mol. The van der Waals surface area contributed by atoms with Gasteiger partial charge in [0.25, 0.3) is 5.91 Å². The molecule has 0 spiro atoms. The van der Waals surface area contributed by atoms with E-state index in [1.165, 1.54) is 11.8 Å². The Kier molecular flexibility index (Phi) is 7.38. The van der Waals surface area contributed by atoms with Crippen molar-refractivity contribution >= 4 is 40.2 Å². The summed E-state index contributed by atoms with van der Waals surface area (Å²) < 4.78 is 2.13. The highest BCUT2D eigenvalue weighted by Crippen LogP contribution is 2.30. The fourth-order valence-corrected chi connectivity index (χ4v) is 4.89. The minimum absolute atomic E-state index is 0.0304. The summed E-state index contributed by atoms with van der Waals surface area (Å²) in [7, 11) is 0. The van der Waals surface area contributed by atoms with Crippen molar-refractivity contribution in [3.8, 4) is 0 Å². The first-order valence-electron chi connectivity index (χ1n) is 11.3. The summed E-state index contributed by atoms with van der Waals surface area (Å²) in [5, 5.41) is 7.11. The number of anilines is 1. The summed E-state index contributed by atoms with van der Waals surface area (Å²) >= 11 is 1.52. The van der Waals surface area contributed by atoms with Crippen LogP contribution in [0.1, 0.15) is 27.0 Å². The van der Waals surface area contributed by atoms with E-state index in [1.807, 2.05) is 69.3 Å². The van der Waals surface area contributed by atoms with Gasteiger partial charge in [0.05, 0.1) is 5.75 Å². The smallest absolute Gasteiger partial charge is 0.251 e. The minimum Gasteiger partial charge on any atom is -0.350 e. The molecule has 4 aromatic rings. The average molecular weight is 472 g/mol. The zero-order valence-electron chi connectivity index (χ0n) is 19.7. The van der Waals surface area contributed by atoms with Gasteiger partial charge >= 0.3 is 0 Å². The summed E-state index contributed by atoms with van der Waals surface area (Å²) in [5.74, 6) is 0.219. The maximum Gasteiger partial charge on any atom is 0.251 e. The van der Waals surface area contributed by atoms with Crippen LogP contribution >= 0.6 is 11.8 Å². The number of carbonyl (C=O) groups is 2. The Balaban J connectivity index is 1.38. The molecule has 0 fully saturated rings. The summed E-state index contributed by atoms with van der Waals surface area (Å²) in [6, 6.07) is 21.7. The van der Waals surface area contributed by atoms with Crippen LogP contribution in [0, 0.1) is 20.8 Å². The third-order valence-corrected chi connectivity index (χ3v) is 6.61. The maximum atomic E-state index is 12.6. The number of aromatic nitrogens is 1. The van der Waals surface area contributed by atoms with Gasteiger partial charge in [0.15, 0.2) is 0 Å². The van der Waals surface area contributed by atoms with E-state index in [2.05, 4.69) is 39.6 Å². The molecule has 0 aliphatic heterocycles. The van der Waals surface area contributed by atoms with Crippen molar-refractivity contribution in [2.45, 2.75) is 32.2 Å². The Morgan fingerprint density at radius 1 is 0.882 bits per heavy atom. The maximum absolute atomic E-state index is 12.6. The lowest BCUT2D eigenvalue weighted by Gasteiger charge is -2.08. The van der Waals surface area contributed by atoms with Gasteiger partial charge in [0, 0.05) is 46.3 Å². The van der Waals surface area contributed by atoms with Crippen molar-refractivity contribution in [1.29, 1.82) is 0 Å². The Labute approximate surface area is 204 Å². The van der Waals surface area contributed by atoms with Crippen molar-refractivity contribution in [3.05, 3.63) is 95.2 Å². The molecule has 0 saturated heterocycles. The summed E-state index contributed by atoms with van der Waals surface area (Å²) in [6.45, 7) is 7.21. The van der Waals surface area contributed by atoms with Gasteiger partial charge in [0.1, 0.15) is 0 Å². The highest BCUT2D eigenvalue weighted by Gasteiger charge is 2.12. The second-order valence-corrected chi connectivity index (χ2v) is 9.56. The molecule has 1 aromatic heterocycles. The van der Waals surface area contributed by atoms with E-state index in [1.54, 1.807) is 0 Å². The Hall–Kier alpha value is -3.51. The first-order valence-corrected chi connectivity index (χ1v) is 12.3. The van der Waals surface area contributed by atoms with Crippen LogP contribution in [-0.2, 0) is 11.3 Å². The largest absolute Gasteiger partial charge is 0.350 e. The second-order valence-electron chi connectivity index (χ2n) is 8.54. The van der Waals surface area contributed by atoms with Gasteiger partial charge in [0.2, 0.25) is 5.91 Å². The number of rotatable bonds is 8. The third-order valence-electron chi connectivity index (χ3n) is 5.57. The fraction of sp³-hybridized carbons (Fsp3) is 0.214. The summed E-state index contributed by atoms with van der Waals surface area (Å²) in [6.07, 6.45) is 2.07. The molecule has 0 radical (unpaired) electrons. The number of hydrogen-bond acceptors (Lipinski definition) is 3. The number of benzene rings is 3. The van der Waals surface area contributed by atoms with Crippen LogP contribution in [0.25, 0.3) is 10.9 Å². The Bertz CT molecular complexity index is 1310. The summed E-state index contributed by atoms with van der Waals surface area (Å²) in [5.41, 5.74) is 5.96. The van der Waals surface area contributed by atoms with Crippen LogP contribution in [0.2, 0.25) is 0 Å². The average Bonchev–Trinajstić information content (AvgIpc) is 3.15. The molecular formula is C28H29N3O2S. The zero-order valence-corrected chi connectivity index (χ0v) is 20.5. The van der Waals surface area contributed by atoms with Gasteiger partial charge in [-0.2, -0.15) is 0 Å². The van der Waals surface area contributed by atoms with E-state index in [0.29, 0.717) is 24.4 Å². The number of nitrogens with zero attached hydrogens (tertiary/aromatic N) is 1. The third kappa shape index (κ3) is 5.88. The van der Waals surface area contributed by atoms with E-state index in [0.717, 1.165) is 38.2 Å². The van der Waals surface area contributed by atoms with Crippen molar-refractivity contribution in [2.24, 2.45) is 0 Å². The predicted octanol–water partition coefficient (Wildman–Crippen LogP) is 5.73. The quantitative estimate of drug-likeness (QED) is 0.323. The molecule has 0 unspecified atom stereocenters. The van der Waals surface area contributed by atoms with Crippen molar-refractivity contribution in [2.75, 3.05) is 17.6 Å². The molecule has 0 aliphatic carbocycles. The molecule has 0 saturated carbocycles. The van der Waals surface area contributed by atoms with E-state index in [-0.39, 0.29) is 11.8 Å². The van der Waals surface area contributed by atoms with Crippen LogP contribution < -0.4 is 10.6 Å². The van der Waals surface area contributed by atoms with Crippen LogP contribution in [0.15, 0.2) is 77.8 Å². The topological polar surface area (TPSA) is 63.1 Å². The van der Waals surface area contributed by atoms with Gasteiger partial charge in [-0.05, 0) is 62.2 Å². The molecule has 0 bridgehead atoms. The summed E-state index contributed by atoms with van der Waals surface area (Å²) in [4.78, 5) is 26.0. The van der Waals surface area contributed by atoms with Crippen LogP contribution in [0.4, 0.5) is 5.69 Å². The van der Waals surface area contributed by atoms with Gasteiger partial charge in [-0.25, -0.2) is 0 Å². The first-order chi connectivity index (χ1) is 16.4. The van der Waals surface area contributed by atoms with Crippen LogP contribution in [-0.4, -0.2) is 28.7 Å². The van der Waals surface area contributed by atoms with Gasteiger partial charge < -0.3 is 15.2 Å². The van der Waals surface area contributed by atoms with Crippen molar-refractivity contribution < 1.29 is 9.59 Å². The van der Waals surface area contributed by atoms with E-state index >= 15 is 0 Å². The monoisotopic (exact) mass is 471 g/mol. The normalized spacial score (nSPS) is 10.9. The Morgan fingerprint density at radius 2 is 1.59 bits per heavy atom. The number of hydrogen-bond donors (Lipinski definition) is 2. The number of amides is 2. The molecule has 1 heterocycles. The second kappa shape index (κ2) is 10.6. The highest BCUT2D eigenvalue weighted by molar-refractivity contribution is 8.00. The molecular weight excluding hydrogens is 442 g/mol. The lowest BCUT2D eigenvalue weighted by atomic mass is 10.1.